The third-order valence-electron chi connectivity index (χ3n) is 5.03. The molecule has 1 heterocycles. The molecule has 0 amide bonds. The van der Waals surface area contributed by atoms with Crippen LogP contribution in [0.3, 0.4) is 0 Å². The van der Waals surface area contributed by atoms with Gasteiger partial charge in [-0.15, -0.1) is 0 Å². The number of nitro groups is 1. The second-order valence-corrected chi connectivity index (χ2v) is 7.84. The van der Waals surface area contributed by atoms with E-state index in [1.807, 2.05) is 0 Å². The molecule has 3 aromatic carbocycles. The number of benzene rings is 3. The first-order chi connectivity index (χ1) is 16.7. The maximum absolute atomic E-state index is 12.4. The highest BCUT2D eigenvalue weighted by Crippen LogP contribution is 2.31. The van der Waals surface area contributed by atoms with E-state index in [-0.39, 0.29) is 28.8 Å². The fourth-order valence-electron chi connectivity index (χ4n) is 3.29. The van der Waals surface area contributed by atoms with Crippen molar-refractivity contribution in [3.05, 3.63) is 104 Å². The molecule has 0 N–H and O–H groups in total. The third kappa shape index (κ3) is 5.20. The summed E-state index contributed by atoms with van der Waals surface area (Å²) in [6, 6.07) is 15.3. The van der Waals surface area contributed by atoms with Crippen LogP contribution in [0.1, 0.15) is 27.0 Å². The number of methoxy groups -OCH3 is 1. The van der Waals surface area contributed by atoms with Crippen molar-refractivity contribution in [2.24, 2.45) is 4.99 Å². The Labute approximate surface area is 204 Å². The number of halogens is 1. The van der Waals surface area contributed by atoms with E-state index in [4.69, 9.17) is 25.8 Å². The molecule has 3 aromatic rings. The summed E-state index contributed by atoms with van der Waals surface area (Å²) < 4.78 is 16.0. The van der Waals surface area contributed by atoms with Crippen LogP contribution in [-0.4, -0.2) is 29.9 Å². The van der Waals surface area contributed by atoms with Gasteiger partial charge in [0, 0.05) is 22.2 Å². The van der Waals surface area contributed by atoms with Gasteiger partial charge in [0.2, 0.25) is 5.90 Å². The molecule has 1 aliphatic rings. The first-order valence-corrected chi connectivity index (χ1v) is 10.6. The second-order valence-electron chi connectivity index (χ2n) is 7.40. The van der Waals surface area contributed by atoms with Gasteiger partial charge >= 0.3 is 11.9 Å². The Morgan fingerprint density at radius 3 is 2.49 bits per heavy atom. The van der Waals surface area contributed by atoms with Crippen LogP contribution in [0.5, 0.6) is 11.5 Å². The van der Waals surface area contributed by atoms with Crippen molar-refractivity contribution in [3.63, 3.8) is 0 Å². The van der Waals surface area contributed by atoms with Gasteiger partial charge in [0.05, 0.1) is 17.6 Å². The van der Waals surface area contributed by atoms with Gasteiger partial charge in [-0.1, -0.05) is 17.7 Å². The van der Waals surface area contributed by atoms with E-state index in [1.165, 1.54) is 37.5 Å². The number of cyclic esters (lactones) is 1. The van der Waals surface area contributed by atoms with Crippen molar-refractivity contribution in [2.45, 2.75) is 6.92 Å². The topological polar surface area (TPSA) is 117 Å². The van der Waals surface area contributed by atoms with Crippen LogP contribution in [0.2, 0.25) is 5.02 Å². The predicted molar refractivity (Wildman–Crippen MR) is 128 cm³/mol. The number of aliphatic imine (C=N–C) groups is 1. The molecule has 9 nitrogen and oxygen atoms in total. The molecule has 0 aliphatic carbocycles. The maximum atomic E-state index is 12.4. The number of hydrogen-bond acceptors (Lipinski definition) is 8. The number of aryl methyl sites for hydroxylation is 1. The molecule has 176 valence electrons. The minimum absolute atomic E-state index is 0.0315. The molecule has 0 unspecified atom stereocenters. The number of carbonyl (C=O) groups is 2. The van der Waals surface area contributed by atoms with E-state index in [0.717, 1.165) is 0 Å². The summed E-state index contributed by atoms with van der Waals surface area (Å²) in [4.78, 5) is 39.5. The molecule has 0 saturated carbocycles. The average Bonchev–Trinajstić information content (AvgIpc) is 3.20. The van der Waals surface area contributed by atoms with E-state index < -0.39 is 16.9 Å². The zero-order chi connectivity index (χ0) is 25.1. The van der Waals surface area contributed by atoms with Crippen molar-refractivity contribution in [1.29, 1.82) is 0 Å². The van der Waals surface area contributed by atoms with Crippen LogP contribution in [0.25, 0.3) is 6.08 Å². The number of carbonyl (C=O) groups excluding carboxylic acids is 2. The highest BCUT2D eigenvalue weighted by atomic mass is 35.5. The molecule has 1 aliphatic heterocycles. The van der Waals surface area contributed by atoms with Crippen LogP contribution in [-0.2, 0) is 9.53 Å². The van der Waals surface area contributed by atoms with E-state index in [0.29, 0.717) is 27.3 Å². The molecule has 0 aromatic heterocycles. The SMILES string of the molecule is COc1cc(/C=C2\N=C(c3ccc([N+](=O)[O-])c(C)c3)OC2=O)ccc1OC(=O)c1ccc(Cl)cc1. The number of hydrogen-bond donors (Lipinski definition) is 0. The van der Waals surface area contributed by atoms with Gasteiger partial charge in [0.1, 0.15) is 0 Å². The molecular formula is C25H17ClN2O7. The molecule has 0 fully saturated rings. The Kier molecular flexibility index (Phi) is 6.61. The average molecular weight is 493 g/mol. The van der Waals surface area contributed by atoms with Crippen LogP contribution in [0.4, 0.5) is 5.69 Å². The zero-order valence-corrected chi connectivity index (χ0v) is 19.2. The zero-order valence-electron chi connectivity index (χ0n) is 18.5. The van der Waals surface area contributed by atoms with E-state index in [9.17, 15) is 19.7 Å². The Bertz CT molecular complexity index is 1410. The van der Waals surface area contributed by atoms with Crippen LogP contribution in [0.15, 0.2) is 71.4 Å². The summed E-state index contributed by atoms with van der Waals surface area (Å²) in [5.74, 6) is -0.761. The molecule has 0 atom stereocenters. The van der Waals surface area contributed by atoms with Crippen molar-refractivity contribution < 1.29 is 28.7 Å². The Balaban J connectivity index is 1.57. The van der Waals surface area contributed by atoms with Gasteiger partial charge in [0.15, 0.2) is 17.2 Å². The van der Waals surface area contributed by atoms with E-state index >= 15 is 0 Å². The number of esters is 2. The summed E-state index contributed by atoms with van der Waals surface area (Å²) >= 11 is 5.85. The summed E-state index contributed by atoms with van der Waals surface area (Å²) in [6.07, 6.45) is 1.49. The molecular weight excluding hydrogens is 476 g/mol. The highest BCUT2D eigenvalue weighted by molar-refractivity contribution is 6.30. The Morgan fingerprint density at radius 1 is 1.09 bits per heavy atom. The fraction of sp³-hybridized carbons (Fsp3) is 0.0800. The lowest BCUT2D eigenvalue weighted by atomic mass is 10.1. The summed E-state index contributed by atoms with van der Waals surface area (Å²) in [6.45, 7) is 1.59. The van der Waals surface area contributed by atoms with Crippen molar-refractivity contribution >= 4 is 41.2 Å². The summed E-state index contributed by atoms with van der Waals surface area (Å²) in [5.41, 5.74) is 1.70. The Hall–Kier alpha value is -4.50. The number of ether oxygens (including phenoxy) is 3. The van der Waals surface area contributed by atoms with Crippen LogP contribution >= 0.6 is 11.6 Å². The highest BCUT2D eigenvalue weighted by Gasteiger charge is 2.25. The molecule has 4 rings (SSSR count). The third-order valence-corrected chi connectivity index (χ3v) is 5.29. The smallest absolute Gasteiger partial charge is 0.363 e. The van der Waals surface area contributed by atoms with Gasteiger partial charge < -0.3 is 14.2 Å². The van der Waals surface area contributed by atoms with E-state index in [1.54, 1.807) is 43.3 Å². The predicted octanol–water partition coefficient (Wildman–Crippen LogP) is 5.13. The largest absolute Gasteiger partial charge is 0.493 e. The molecule has 35 heavy (non-hydrogen) atoms. The fourth-order valence-corrected chi connectivity index (χ4v) is 3.41. The number of nitrogens with zero attached hydrogens (tertiary/aromatic N) is 2. The lowest BCUT2D eigenvalue weighted by Gasteiger charge is -2.10. The van der Waals surface area contributed by atoms with Crippen molar-refractivity contribution in [1.82, 2.24) is 0 Å². The first kappa shape index (κ1) is 23.7. The summed E-state index contributed by atoms with van der Waals surface area (Å²) in [5, 5.41) is 11.5. The molecule has 0 bridgehead atoms. The minimum atomic E-state index is -0.673. The summed E-state index contributed by atoms with van der Waals surface area (Å²) in [7, 11) is 1.42. The van der Waals surface area contributed by atoms with Gasteiger partial charge in [-0.25, -0.2) is 14.6 Å². The number of rotatable bonds is 6. The standard InChI is InChI=1S/C25H17ClN2O7/c1-14-11-17(6-9-20(14)28(31)32)23-27-19(25(30)35-23)12-15-3-10-21(22(13-15)33-2)34-24(29)16-4-7-18(26)8-5-16/h3-13H,1-2H3/b19-12-. The van der Waals surface area contributed by atoms with E-state index in [2.05, 4.69) is 4.99 Å². The lowest BCUT2D eigenvalue weighted by Crippen LogP contribution is -2.09. The van der Waals surface area contributed by atoms with Gasteiger partial charge in [0.25, 0.3) is 5.69 Å². The number of nitro benzene ring substituents is 1. The molecule has 0 spiro atoms. The van der Waals surface area contributed by atoms with Crippen molar-refractivity contribution in [2.75, 3.05) is 7.11 Å². The monoisotopic (exact) mass is 492 g/mol. The van der Waals surface area contributed by atoms with Gasteiger partial charge in [-0.2, -0.15) is 0 Å². The van der Waals surface area contributed by atoms with Crippen molar-refractivity contribution in [3.8, 4) is 11.5 Å². The maximum Gasteiger partial charge on any atom is 0.363 e. The van der Waals surface area contributed by atoms with Crippen LogP contribution in [0, 0.1) is 17.0 Å². The quantitative estimate of drug-likeness (QED) is 0.154. The second kappa shape index (κ2) is 9.78. The molecule has 10 heteroatoms. The van der Waals surface area contributed by atoms with Gasteiger partial charge in [-0.05, 0) is 67.1 Å². The first-order valence-electron chi connectivity index (χ1n) is 10.2. The van der Waals surface area contributed by atoms with Gasteiger partial charge in [-0.3, -0.25) is 10.1 Å². The molecule has 0 saturated heterocycles. The molecule has 0 radical (unpaired) electrons. The van der Waals surface area contributed by atoms with Crippen LogP contribution < -0.4 is 9.47 Å². The lowest BCUT2D eigenvalue weighted by molar-refractivity contribution is -0.385. The normalized spacial score (nSPS) is 13.9. The Morgan fingerprint density at radius 2 is 1.83 bits per heavy atom. The minimum Gasteiger partial charge on any atom is -0.493 e.